The summed E-state index contributed by atoms with van der Waals surface area (Å²) in [5, 5.41) is 0. The van der Waals surface area contributed by atoms with Crippen LogP contribution in [-0.2, 0) is 9.53 Å². The summed E-state index contributed by atoms with van der Waals surface area (Å²) < 4.78 is 64.9. The Balaban J connectivity index is 3.60. The van der Waals surface area contributed by atoms with Crippen molar-refractivity contribution in [2.45, 2.75) is 38.3 Å². The fraction of sp³-hybridized carbons (Fsp3) is 0.900. The van der Waals surface area contributed by atoms with Gasteiger partial charge in [0.25, 0.3) is 0 Å². The molecule has 8 heteroatoms. The summed E-state index contributed by atoms with van der Waals surface area (Å²) >= 11 is 1.16. The molecule has 0 aliphatic carbocycles. The standard InChI is InChI=1S/C10H15F5O2S/c1-2-17-8(16)7-18-6-4-3-5-9(11,12)10(13,14)15/h2-7H2,1H3. The third-order valence-electron chi connectivity index (χ3n) is 1.97. The molecule has 0 aliphatic rings. The Bertz CT molecular complexity index is 255. The molecule has 0 spiro atoms. The first-order chi connectivity index (χ1) is 8.20. The van der Waals surface area contributed by atoms with E-state index in [2.05, 4.69) is 4.74 Å². The summed E-state index contributed by atoms with van der Waals surface area (Å²) in [5.74, 6) is -4.60. The van der Waals surface area contributed by atoms with Crippen molar-refractivity contribution in [3.8, 4) is 0 Å². The Kier molecular flexibility index (Phi) is 7.58. The fourth-order valence-electron chi connectivity index (χ4n) is 1.05. The van der Waals surface area contributed by atoms with Crippen molar-refractivity contribution in [2.24, 2.45) is 0 Å². The minimum absolute atomic E-state index is 0.0868. The van der Waals surface area contributed by atoms with E-state index in [1.54, 1.807) is 6.92 Å². The smallest absolute Gasteiger partial charge is 0.453 e. The predicted octanol–water partition coefficient (Wildman–Crippen LogP) is 3.65. The molecule has 0 rings (SSSR count). The van der Waals surface area contributed by atoms with Gasteiger partial charge in [-0.2, -0.15) is 33.7 Å². The summed E-state index contributed by atoms with van der Waals surface area (Å²) in [5.41, 5.74) is 0. The fourth-order valence-corrected chi connectivity index (χ4v) is 1.85. The lowest BCUT2D eigenvalue weighted by atomic mass is 10.1. The third-order valence-corrected chi connectivity index (χ3v) is 2.99. The molecule has 0 heterocycles. The van der Waals surface area contributed by atoms with Crippen LogP contribution in [-0.4, -0.2) is 36.2 Å². The van der Waals surface area contributed by atoms with E-state index in [1.807, 2.05) is 0 Å². The van der Waals surface area contributed by atoms with Crippen molar-refractivity contribution in [3.05, 3.63) is 0 Å². The van der Waals surface area contributed by atoms with Gasteiger partial charge in [0.2, 0.25) is 0 Å². The van der Waals surface area contributed by atoms with Gasteiger partial charge in [0.15, 0.2) is 0 Å². The molecule has 0 radical (unpaired) electrons. The average Bonchev–Trinajstić information content (AvgIpc) is 2.21. The number of rotatable bonds is 8. The van der Waals surface area contributed by atoms with Crippen LogP contribution in [0.1, 0.15) is 26.2 Å². The molecule has 0 saturated heterocycles. The molecular formula is C10H15F5O2S. The third kappa shape index (κ3) is 7.03. The molecule has 0 unspecified atom stereocenters. The van der Waals surface area contributed by atoms with E-state index >= 15 is 0 Å². The molecule has 0 aliphatic heterocycles. The molecule has 0 amide bonds. The highest BCUT2D eigenvalue weighted by atomic mass is 32.2. The highest BCUT2D eigenvalue weighted by molar-refractivity contribution is 7.99. The molecule has 108 valence electrons. The van der Waals surface area contributed by atoms with E-state index in [1.165, 1.54) is 0 Å². The van der Waals surface area contributed by atoms with E-state index in [9.17, 15) is 26.7 Å². The highest BCUT2D eigenvalue weighted by Gasteiger charge is 2.56. The maximum absolute atomic E-state index is 12.5. The van der Waals surface area contributed by atoms with E-state index in [0.717, 1.165) is 11.8 Å². The SMILES string of the molecule is CCOC(=O)CSCCCCC(F)(F)C(F)(F)F. The summed E-state index contributed by atoms with van der Waals surface area (Å²) in [6, 6.07) is 0. The number of hydrogen-bond donors (Lipinski definition) is 0. The topological polar surface area (TPSA) is 26.3 Å². The summed E-state index contributed by atoms with van der Waals surface area (Å²) in [6.07, 6.45) is -6.72. The zero-order valence-electron chi connectivity index (χ0n) is 9.86. The number of esters is 1. The van der Waals surface area contributed by atoms with Crippen molar-refractivity contribution < 1.29 is 31.5 Å². The minimum Gasteiger partial charge on any atom is -0.465 e. The first-order valence-corrected chi connectivity index (χ1v) is 6.54. The number of ether oxygens (including phenoxy) is 1. The Hall–Kier alpha value is -0.530. The summed E-state index contributed by atoms with van der Waals surface area (Å²) in [4.78, 5) is 10.9. The van der Waals surface area contributed by atoms with Crippen LogP contribution in [0.3, 0.4) is 0 Å². The number of carbonyl (C=O) groups excluding carboxylic acids is 1. The van der Waals surface area contributed by atoms with Crippen LogP contribution in [0.5, 0.6) is 0 Å². The maximum atomic E-state index is 12.5. The van der Waals surface area contributed by atoms with Crippen molar-refractivity contribution in [1.82, 2.24) is 0 Å². The van der Waals surface area contributed by atoms with Gasteiger partial charge in [-0.3, -0.25) is 4.79 Å². The van der Waals surface area contributed by atoms with Crippen LogP contribution in [0.4, 0.5) is 22.0 Å². The molecule has 0 aromatic carbocycles. The number of carbonyl (C=O) groups is 1. The molecule has 0 aromatic rings. The number of hydrogen-bond acceptors (Lipinski definition) is 3. The Morgan fingerprint density at radius 1 is 1.17 bits per heavy atom. The predicted molar refractivity (Wildman–Crippen MR) is 58.8 cm³/mol. The van der Waals surface area contributed by atoms with Gasteiger partial charge >= 0.3 is 18.1 Å². The molecule has 0 fully saturated rings. The first kappa shape index (κ1) is 17.5. The average molecular weight is 294 g/mol. The molecule has 0 bridgehead atoms. The van der Waals surface area contributed by atoms with Crippen molar-refractivity contribution in [2.75, 3.05) is 18.1 Å². The molecular weight excluding hydrogens is 279 g/mol. The second kappa shape index (κ2) is 7.81. The second-order valence-corrected chi connectivity index (χ2v) is 4.62. The monoisotopic (exact) mass is 294 g/mol. The number of halogens is 5. The number of unbranched alkanes of at least 4 members (excludes halogenated alkanes) is 1. The lowest BCUT2D eigenvalue weighted by molar-refractivity contribution is -0.284. The lowest BCUT2D eigenvalue weighted by Gasteiger charge is -2.19. The molecule has 2 nitrogen and oxygen atoms in total. The minimum atomic E-state index is -5.48. The van der Waals surface area contributed by atoms with Gasteiger partial charge < -0.3 is 4.74 Å². The Morgan fingerprint density at radius 2 is 1.78 bits per heavy atom. The zero-order chi connectivity index (χ0) is 14.2. The van der Waals surface area contributed by atoms with Gasteiger partial charge in [0.05, 0.1) is 12.4 Å². The van der Waals surface area contributed by atoms with Crippen molar-refractivity contribution in [3.63, 3.8) is 0 Å². The van der Waals surface area contributed by atoms with Crippen LogP contribution in [0.15, 0.2) is 0 Å². The van der Waals surface area contributed by atoms with Gasteiger partial charge in [-0.05, 0) is 25.5 Å². The molecule has 0 aromatic heterocycles. The Labute approximate surface area is 106 Å². The lowest BCUT2D eigenvalue weighted by Crippen LogP contribution is -2.36. The first-order valence-electron chi connectivity index (χ1n) is 5.38. The second-order valence-electron chi connectivity index (χ2n) is 3.52. The van der Waals surface area contributed by atoms with Crippen LogP contribution in [0, 0.1) is 0 Å². The zero-order valence-corrected chi connectivity index (χ0v) is 10.7. The van der Waals surface area contributed by atoms with Crippen LogP contribution in [0.2, 0.25) is 0 Å². The van der Waals surface area contributed by atoms with E-state index in [4.69, 9.17) is 0 Å². The number of thioether (sulfide) groups is 1. The molecule has 18 heavy (non-hydrogen) atoms. The summed E-state index contributed by atoms with van der Waals surface area (Å²) in [6.45, 7) is 1.92. The molecule has 0 atom stereocenters. The van der Waals surface area contributed by atoms with Crippen LogP contribution < -0.4 is 0 Å². The largest absolute Gasteiger partial charge is 0.465 e. The molecule has 0 saturated carbocycles. The van der Waals surface area contributed by atoms with E-state index in [0.29, 0.717) is 5.75 Å². The quantitative estimate of drug-likeness (QED) is 0.388. The highest BCUT2D eigenvalue weighted by Crippen LogP contribution is 2.39. The van der Waals surface area contributed by atoms with E-state index in [-0.39, 0.29) is 25.2 Å². The van der Waals surface area contributed by atoms with Gasteiger partial charge in [-0.1, -0.05) is 0 Å². The molecule has 0 N–H and O–H groups in total. The van der Waals surface area contributed by atoms with Gasteiger partial charge in [-0.25, -0.2) is 0 Å². The van der Waals surface area contributed by atoms with Gasteiger partial charge in [-0.15, -0.1) is 0 Å². The van der Waals surface area contributed by atoms with Gasteiger partial charge in [0.1, 0.15) is 0 Å². The number of alkyl halides is 5. The van der Waals surface area contributed by atoms with Crippen LogP contribution >= 0.6 is 11.8 Å². The summed E-state index contributed by atoms with van der Waals surface area (Å²) in [7, 11) is 0. The van der Waals surface area contributed by atoms with Gasteiger partial charge in [0, 0.05) is 6.42 Å². The van der Waals surface area contributed by atoms with Crippen molar-refractivity contribution in [1.29, 1.82) is 0 Å². The van der Waals surface area contributed by atoms with Crippen LogP contribution in [0.25, 0.3) is 0 Å². The maximum Gasteiger partial charge on any atom is 0.453 e. The van der Waals surface area contributed by atoms with E-state index < -0.39 is 24.5 Å². The normalized spacial score (nSPS) is 12.6. The van der Waals surface area contributed by atoms with Crippen molar-refractivity contribution >= 4 is 17.7 Å². The Morgan fingerprint density at radius 3 is 2.28 bits per heavy atom.